The van der Waals surface area contributed by atoms with Crippen LogP contribution in [-0.2, 0) is 6.54 Å². The van der Waals surface area contributed by atoms with Crippen molar-refractivity contribution in [3.8, 4) is 6.07 Å². The molecule has 5 rings (SSSR count). The van der Waals surface area contributed by atoms with Crippen molar-refractivity contribution < 1.29 is 0 Å². The molecule has 2 aromatic heterocycles. The van der Waals surface area contributed by atoms with Gasteiger partial charge in [0.25, 0.3) is 0 Å². The van der Waals surface area contributed by atoms with E-state index >= 15 is 0 Å². The van der Waals surface area contributed by atoms with E-state index in [1.165, 1.54) is 16.7 Å². The molecular formula is C30H32N6. The fraction of sp³-hybridized carbons (Fsp3) is 0.267. The fourth-order valence-electron chi connectivity index (χ4n) is 4.79. The van der Waals surface area contributed by atoms with Crippen LogP contribution in [0, 0.1) is 25.2 Å². The van der Waals surface area contributed by atoms with Crippen molar-refractivity contribution in [1.82, 2.24) is 19.8 Å². The molecule has 36 heavy (non-hydrogen) atoms. The third-order valence-corrected chi connectivity index (χ3v) is 7.15. The molecule has 0 atom stereocenters. The molecule has 4 aromatic rings. The molecule has 0 saturated carbocycles. The first-order chi connectivity index (χ1) is 17.5. The Bertz CT molecular complexity index is 1450. The van der Waals surface area contributed by atoms with E-state index < -0.39 is 0 Å². The number of aryl methyl sites for hydroxylation is 2. The van der Waals surface area contributed by atoms with Crippen LogP contribution < -0.4 is 5.32 Å². The Morgan fingerprint density at radius 2 is 1.83 bits per heavy atom. The van der Waals surface area contributed by atoms with Crippen LogP contribution in [0.25, 0.3) is 23.1 Å². The predicted molar refractivity (Wildman–Crippen MR) is 148 cm³/mol. The Hall–Kier alpha value is -3.92. The van der Waals surface area contributed by atoms with Gasteiger partial charge in [-0.05, 0) is 61.3 Å². The molecule has 3 heterocycles. The molecule has 6 heteroatoms. The summed E-state index contributed by atoms with van der Waals surface area (Å²) in [5.74, 6) is 0. The van der Waals surface area contributed by atoms with Crippen LogP contribution in [0.15, 0.2) is 55.0 Å². The lowest BCUT2D eigenvalue weighted by atomic mass is 10.0. The number of hydrogen-bond donors (Lipinski definition) is 2. The lowest BCUT2D eigenvalue weighted by Crippen LogP contribution is -2.43. The zero-order valence-electron chi connectivity index (χ0n) is 21.2. The van der Waals surface area contributed by atoms with Gasteiger partial charge < -0.3 is 15.2 Å². The lowest BCUT2D eigenvalue weighted by Gasteiger charge is -2.32. The Morgan fingerprint density at radius 1 is 1.03 bits per heavy atom. The number of nitriles is 1. The van der Waals surface area contributed by atoms with Gasteiger partial charge in [0.15, 0.2) is 0 Å². The summed E-state index contributed by atoms with van der Waals surface area (Å²) in [6, 6.07) is 15.2. The Morgan fingerprint density at radius 3 is 2.64 bits per heavy atom. The van der Waals surface area contributed by atoms with E-state index in [-0.39, 0.29) is 0 Å². The Labute approximate surface area is 212 Å². The molecule has 1 aliphatic rings. The van der Waals surface area contributed by atoms with Gasteiger partial charge in [-0.25, -0.2) is 0 Å². The van der Waals surface area contributed by atoms with Crippen LogP contribution in [0.1, 0.15) is 33.4 Å². The number of H-pyrrole nitrogens is 1. The number of nitrogens with one attached hydrogen (secondary N) is 2. The van der Waals surface area contributed by atoms with E-state index in [1.807, 2.05) is 12.4 Å². The zero-order chi connectivity index (χ0) is 25.1. The van der Waals surface area contributed by atoms with Crippen molar-refractivity contribution in [3.63, 3.8) is 0 Å². The molecule has 0 unspecified atom stereocenters. The Balaban J connectivity index is 1.42. The quantitative estimate of drug-likeness (QED) is 0.373. The minimum atomic E-state index is 0.520. The average Bonchev–Trinajstić information content (AvgIpc) is 3.37. The number of nitrogens with zero attached hydrogens (tertiary/aromatic N) is 4. The van der Waals surface area contributed by atoms with Crippen LogP contribution in [0.2, 0.25) is 0 Å². The van der Waals surface area contributed by atoms with Gasteiger partial charge in [0.05, 0.1) is 11.3 Å². The van der Waals surface area contributed by atoms with Gasteiger partial charge in [0.1, 0.15) is 6.07 Å². The number of aromatic nitrogens is 2. The lowest BCUT2D eigenvalue weighted by molar-refractivity contribution is 0.148. The van der Waals surface area contributed by atoms with Crippen LogP contribution >= 0.6 is 0 Å². The molecule has 0 bridgehead atoms. The first-order valence-corrected chi connectivity index (χ1v) is 12.4. The van der Waals surface area contributed by atoms with Crippen molar-refractivity contribution in [2.75, 3.05) is 38.5 Å². The number of likely N-dealkylation sites (N-methyl/N-ethyl adjacent to an activating group) is 1. The second kappa shape index (κ2) is 10.4. The van der Waals surface area contributed by atoms with Crippen molar-refractivity contribution in [2.45, 2.75) is 20.4 Å². The number of fused-ring (bicyclic) bond motifs is 1. The number of anilines is 2. The highest BCUT2D eigenvalue weighted by Crippen LogP contribution is 2.31. The average molecular weight is 477 g/mol. The molecular weight excluding hydrogens is 444 g/mol. The predicted octanol–water partition coefficient (Wildman–Crippen LogP) is 5.71. The molecule has 1 fully saturated rings. The molecule has 182 valence electrons. The first kappa shape index (κ1) is 23.8. The van der Waals surface area contributed by atoms with Gasteiger partial charge in [-0.2, -0.15) is 5.26 Å². The minimum Gasteiger partial charge on any atom is -0.361 e. The highest BCUT2D eigenvalue weighted by molar-refractivity contribution is 5.90. The fourth-order valence-corrected chi connectivity index (χ4v) is 4.79. The molecule has 6 nitrogen and oxygen atoms in total. The number of benzene rings is 2. The van der Waals surface area contributed by atoms with E-state index in [0.29, 0.717) is 5.56 Å². The van der Waals surface area contributed by atoms with Gasteiger partial charge in [-0.15, -0.1) is 0 Å². The van der Waals surface area contributed by atoms with Crippen LogP contribution in [0.3, 0.4) is 0 Å². The number of hydrogen-bond acceptors (Lipinski definition) is 5. The van der Waals surface area contributed by atoms with Gasteiger partial charge in [-0.3, -0.25) is 9.88 Å². The summed E-state index contributed by atoms with van der Waals surface area (Å²) < 4.78 is 0. The molecule has 0 aliphatic carbocycles. The van der Waals surface area contributed by atoms with E-state index in [2.05, 4.69) is 101 Å². The molecule has 0 radical (unpaired) electrons. The summed E-state index contributed by atoms with van der Waals surface area (Å²) in [6.07, 6.45) is 9.57. The third kappa shape index (κ3) is 5.03. The maximum absolute atomic E-state index is 9.80. The van der Waals surface area contributed by atoms with E-state index in [4.69, 9.17) is 0 Å². The van der Waals surface area contributed by atoms with Gasteiger partial charge in [0, 0.05) is 73.5 Å². The monoisotopic (exact) mass is 476 g/mol. The van der Waals surface area contributed by atoms with E-state index in [9.17, 15) is 5.26 Å². The normalized spacial score (nSPS) is 14.9. The standard InChI is InChI=1S/C30H32N6/c1-21-4-5-23(20-36-14-12-35(3)13-15-36)16-24(21)6-7-25-18-32-19-26(17-31)30(25)34-28-8-9-29-27(22(28)2)10-11-33-29/h4-11,16,18-19,33H,12-15,20H2,1-3H3,(H,32,34)/b7-6+. The second-order valence-electron chi connectivity index (χ2n) is 9.67. The van der Waals surface area contributed by atoms with Crippen LogP contribution in [0.4, 0.5) is 11.4 Å². The smallest absolute Gasteiger partial charge is 0.103 e. The summed E-state index contributed by atoms with van der Waals surface area (Å²) in [5.41, 5.74) is 9.11. The second-order valence-corrected chi connectivity index (χ2v) is 9.67. The SMILES string of the molecule is Cc1ccc(CN2CCN(C)CC2)cc1/C=C/c1cncc(C#N)c1Nc1ccc2[nH]ccc2c1C. The molecule has 0 amide bonds. The number of pyridine rings is 1. The van der Waals surface area contributed by atoms with E-state index in [1.54, 1.807) is 6.20 Å². The van der Waals surface area contributed by atoms with E-state index in [0.717, 1.165) is 66.1 Å². The van der Waals surface area contributed by atoms with Gasteiger partial charge >= 0.3 is 0 Å². The third-order valence-electron chi connectivity index (χ3n) is 7.15. The summed E-state index contributed by atoms with van der Waals surface area (Å²) >= 11 is 0. The summed E-state index contributed by atoms with van der Waals surface area (Å²) in [4.78, 5) is 12.5. The number of piperazine rings is 1. The van der Waals surface area contributed by atoms with Crippen LogP contribution in [0.5, 0.6) is 0 Å². The van der Waals surface area contributed by atoms with Crippen molar-refractivity contribution in [1.29, 1.82) is 5.26 Å². The largest absolute Gasteiger partial charge is 0.361 e. The minimum absolute atomic E-state index is 0.520. The maximum atomic E-state index is 9.80. The van der Waals surface area contributed by atoms with Crippen molar-refractivity contribution in [2.24, 2.45) is 0 Å². The molecule has 0 spiro atoms. The van der Waals surface area contributed by atoms with Crippen LogP contribution in [-0.4, -0.2) is 53.0 Å². The summed E-state index contributed by atoms with van der Waals surface area (Å²) in [7, 11) is 2.19. The zero-order valence-corrected chi connectivity index (χ0v) is 21.2. The van der Waals surface area contributed by atoms with Gasteiger partial charge in [0.2, 0.25) is 0 Å². The molecule has 2 aromatic carbocycles. The summed E-state index contributed by atoms with van der Waals surface area (Å²) in [5, 5.41) is 14.5. The van der Waals surface area contributed by atoms with Crippen molar-refractivity contribution >= 4 is 34.4 Å². The highest BCUT2D eigenvalue weighted by atomic mass is 15.2. The number of rotatable bonds is 6. The number of aromatic amines is 1. The highest BCUT2D eigenvalue weighted by Gasteiger charge is 2.14. The Kier molecular flexibility index (Phi) is 6.86. The van der Waals surface area contributed by atoms with Crippen molar-refractivity contribution in [3.05, 3.63) is 88.4 Å². The molecule has 2 N–H and O–H groups in total. The maximum Gasteiger partial charge on any atom is 0.103 e. The first-order valence-electron chi connectivity index (χ1n) is 12.4. The van der Waals surface area contributed by atoms with Gasteiger partial charge in [-0.1, -0.05) is 30.4 Å². The topological polar surface area (TPSA) is 71.0 Å². The molecule has 1 saturated heterocycles. The molecule has 1 aliphatic heterocycles. The summed E-state index contributed by atoms with van der Waals surface area (Å²) in [6.45, 7) is 9.64.